The van der Waals surface area contributed by atoms with Crippen molar-refractivity contribution in [3.8, 4) is 11.6 Å². The van der Waals surface area contributed by atoms with Crippen LogP contribution in [0.2, 0.25) is 0 Å². The Bertz CT molecular complexity index is 1680. The maximum absolute atomic E-state index is 13.8. The van der Waals surface area contributed by atoms with Gasteiger partial charge in [0.15, 0.2) is 0 Å². The quantitative estimate of drug-likeness (QED) is 0.284. The predicted octanol–water partition coefficient (Wildman–Crippen LogP) is 4.78. The van der Waals surface area contributed by atoms with Crippen LogP contribution in [0.5, 0.6) is 0 Å². The lowest BCUT2D eigenvalue weighted by atomic mass is 9.93. The minimum atomic E-state index is -1.23. The standard InChI is InChI=1S/C30H32N6O5S/c1-18-17-42-26(31-18)22-9-6-12-35(22)27(38)21-13-23(36(24(37)14-21)16-20-10-11-20)25-33-34-28(41-25)30(2,32-29(39)40)15-19-7-4-3-5-8-19/h3-5,7-8,13-14,17,20,22,32H,6,9-12,15-16H2,1-2H3,(H,39,40)/t22-,30-/m1/s1. The highest BCUT2D eigenvalue weighted by atomic mass is 32.1. The van der Waals surface area contributed by atoms with E-state index < -0.39 is 11.6 Å². The lowest BCUT2D eigenvalue weighted by molar-refractivity contribution is 0.0735. The van der Waals surface area contributed by atoms with E-state index in [1.54, 1.807) is 33.8 Å². The van der Waals surface area contributed by atoms with Crippen molar-refractivity contribution in [3.63, 3.8) is 0 Å². The Morgan fingerprint density at radius 1 is 1.17 bits per heavy atom. The zero-order chi connectivity index (χ0) is 29.4. The van der Waals surface area contributed by atoms with Crippen LogP contribution in [-0.2, 0) is 18.5 Å². The Balaban J connectivity index is 1.37. The molecular formula is C30H32N6O5S. The van der Waals surface area contributed by atoms with Gasteiger partial charge in [-0.2, -0.15) is 0 Å². The summed E-state index contributed by atoms with van der Waals surface area (Å²) in [5.41, 5.74) is 0.833. The summed E-state index contributed by atoms with van der Waals surface area (Å²) in [6.45, 7) is 4.66. The molecule has 2 N–H and O–H groups in total. The van der Waals surface area contributed by atoms with Gasteiger partial charge in [-0.3, -0.25) is 9.59 Å². The molecule has 1 aromatic carbocycles. The molecule has 42 heavy (non-hydrogen) atoms. The number of nitrogens with zero attached hydrogens (tertiary/aromatic N) is 5. The summed E-state index contributed by atoms with van der Waals surface area (Å²) in [6.07, 6.45) is 2.73. The van der Waals surface area contributed by atoms with Crippen LogP contribution in [0.1, 0.15) is 71.2 Å². The molecule has 4 aromatic rings. The van der Waals surface area contributed by atoms with Crippen molar-refractivity contribution in [2.75, 3.05) is 6.54 Å². The highest BCUT2D eigenvalue weighted by Gasteiger charge is 2.37. The Morgan fingerprint density at radius 3 is 2.64 bits per heavy atom. The van der Waals surface area contributed by atoms with Crippen molar-refractivity contribution in [2.24, 2.45) is 5.92 Å². The van der Waals surface area contributed by atoms with E-state index in [1.807, 2.05) is 42.6 Å². The monoisotopic (exact) mass is 588 g/mol. The summed E-state index contributed by atoms with van der Waals surface area (Å²) < 4.78 is 7.70. The molecule has 218 valence electrons. The second-order valence-corrected chi connectivity index (χ2v) is 12.2. The van der Waals surface area contributed by atoms with E-state index in [1.165, 1.54) is 6.07 Å². The van der Waals surface area contributed by atoms with Crippen molar-refractivity contribution in [1.82, 2.24) is 30.0 Å². The number of aromatic nitrogens is 4. The van der Waals surface area contributed by atoms with Crippen molar-refractivity contribution < 1.29 is 19.1 Å². The van der Waals surface area contributed by atoms with Gasteiger partial charge in [-0.15, -0.1) is 21.5 Å². The smallest absolute Gasteiger partial charge is 0.405 e. The first-order valence-electron chi connectivity index (χ1n) is 14.1. The lowest BCUT2D eigenvalue weighted by Crippen LogP contribution is -2.44. The van der Waals surface area contributed by atoms with Crippen molar-refractivity contribution in [1.29, 1.82) is 0 Å². The summed E-state index contributed by atoms with van der Waals surface area (Å²) in [4.78, 5) is 45.4. The number of carbonyl (C=O) groups excluding carboxylic acids is 1. The molecule has 0 unspecified atom stereocenters. The van der Waals surface area contributed by atoms with Crippen LogP contribution < -0.4 is 10.9 Å². The number of thiazole rings is 1. The molecule has 3 aromatic heterocycles. The van der Waals surface area contributed by atoms with Gasteiger partial charge < -0.3 is 24.3 Å². The first-order chi connectivity index (χ1) is 20.2. The van der Waals surface area contributed by atoms with Crippen molar-refractivity contribution in [2.45, 2.75) is 64.1 Å². The molecule has 4 heterocycles. The minimum absolute atomic E-state index is 0.0531. The third kappa shape index (κ3) is 5.71. The summed E-state index contributed by atoms with van der Waals surface area (Å²) >= 11 is 1.54. The molecule has 0 radical (unpaired) electrons. The van der Waals surface area contributed by atoms with E-state index >= 15 is 0 Å². The molecule has 12 heteroatoms. The highest BCUT2D eigenvalue weighted by Crippen LogP contribution is 2.36. The van der Waals surface area contributed by atoms with Gasteiger partial charge in [0, 0.05) is 42.2 Å². The van der Waals surface area contributed by atoms with Crippen molar-refractivity contribution in [3.05, 3.63) is 85.9 Å². The van der Waals surface area contributed by atoms with E-state index in [0.717, 1.165) is 41.9 Å². The van der Waals surface area contributed by atoms with Gasteiger partial charge >= 0.3 is 6.09 Å². The largest absolute Gasteiger partial charge is 0.465 e. The van der Waals surface area contributed by atoms with Crippen LogP contribution in [0.3, 0.4) is 0 Å². The summed E-state index contributed by atoms with van der Waals surface area (Å²) in [5, 5.41) is 23.5. The Labute approximate surface area is 246 Å². The highest BCUT2D eigenvalue weighted by molar-refractivity contribution is 7.09. The van der Waals surface area contributed by atoms with Crippen LogP contribution >= 0.6 is 11.3 Å². The molecule has 2 aliphatic rings. The van der Waals surface area contributed by atoms with Gasteiger partial charge in [0.1, 0.15) is 16.2 Å². The van der Waals surface area contributed by atoms with Crippen LogP contribution in [0, 0.1) is 12.8 Å². The third-order valence-electron chi connectivity index (χ3n) is 7.85. The number of likely N-dealkylation sites (tertiary alicyclic amines) is 1. The summed E-state index contributed by atoms with van der Waals surface area (Å²) in [7, 11) is 0. The summed E-state index contributed by atoms with van der Waals surface area (Å²) in [6, 6.07) is 12.3. The van der Waals surface area contributed by atoms with Gasteiger partial charge in [0.25, 0.3) is 17.4 Å². The van der Waals surface area contributed by atoms with Gasteiger partial charge in [-0.1, -0.05) is 30.3 Å². The molecule has 0 spiro atoms. The van der Waals surface area contributed by atoms with Gasteiger partial charge in [0.2, 0.25) is 5.89 Å². The zero-order valence-corrected chi connectivity index (χ0v) is 24.3. The number of carboxylic acid groups (broad SMARTS) is 1. The van der Waals surface area contributed by atoms with Gasteiger partial charge in [-0.25, -0.2) is 9.78 Å². The van der Waals surface area contributed by atoms with Crippen LogP contribution in [0.15, 0.2) is 57.1 Å². The average molecular weight is 589 g/mol. The molecule has 0 bridgehead atoms. The number of hydrogen-bond donors (Lipinski definition) is 2. The minimum Gasteiger partial charge on any atom is -0.465 e. The van der Waals surface area contributed by atoms with Crippen molar-refractivity contribution >= 4 is 23.3 Å². The number of nitrogens with one attached hydrogen (secondary N) is 1. The summed E-state index contributed by atoms with van der Waals surface area (Å²) in [5.74, 6) is 0.226. The maximum atomic E-state index is 13.8. The lowest BCUT2D eigenvalue weighted by Gasteiger charge is -2.25. The fourth-order valence-corrected chi connectivity index (χ4v) is 6.51. The fourth-order valence-electron chi connectivity index (χ4n) is 5.56. The van der Waals surface area contributed by atoms with Gasteiger partial charge in [-0.05, 0) is 57.1 Å². The van der Waals surface area contributed by atoms with E-state index in [0.29, 0.717) is 24.7 Å². The molecule has 1 aliphatic carbocycles. The molecule has 1 saturated carbocycles. The number of pyridine rings is 1. The SMILES string of the molecule is Cc1csc([C@H]2CCCN2C(=O)c2cc(-c3nnc([C@@](C)(Cc4ccccc4)NC(=O)O)o3)n(CC3CC3)c(=O)c2)n1. The first kappa shape index (κ1) is 27.8. The van der Waals surface area contributed by atoms with Crippen LogP contribution in [0.4, 0.5) is 4.79 Å². The third-order valence-corrected chi connectivity index (χ3v) is 8.91. The molecule has 2 amide bonds. The second-order valence-electron chi connectivity index (χ2n) is 11.3. The molecule has 2 fully saturated rings. The van der Waals surface area contributed by atoms with Gasteiger partial charge in [0.05, 0.1) is 6.04 Å². The Hall–Kier alpha value is -4.32. The Kier molecular flexibility index (Phi) is 7.40. The number of benzene rings is 1. The zero-order valence-electron chi connectivity index (χ0n) is 23.4. The fraction of sp³-hybridized carbons (Fsp3) is 0.400. The maximum Gasteiger partial charge on any atom is 0.405 e. The number of rotatable bonds is 9. The molecule has 6 rings (SSSR count). The average Bonchev–Trinajstić information content (AvgIpc) is 3.33. The van der Waals surface area contributed by atoms with E-state index in [9.17, 15) is 19.5 Å². The van der Waals surface area contributed by atoms with E-state index in [2.05, 4.69) is 20.5 Å². The molecule has 2 atom stereocenters. The normalized spacial score (nSPS) is 18.1. The molecular weight excluding hydrogens is 556 g/mol. The predicted molar refractivity (Wildman–Crippen MR) is 155 cm³/mol. The van der Waals surface area contributed by atoms with E-state index in [-0.39, 0.29) is 41.3 Å². The first-order valence-corrected chi connectivity index (χ1v) is 15.0. The topological polar surface area (TPSA) is 143 Å². The number of carbonyl (C=O) groups is 2. The number of hydrogen-bond acceptors (Lipinski definition) is 8. The number of aryl methyl sites for hydroxylation is 1. The van der Waals surface area contributed by atoms with Crippen LogP contribution in [0.25, 0.3) is 11.6 Å². The molecule has 1 aliphatic heterocycles. The molecule has 11 nitrogen and oxygen atoms in total. The van der Waals surface area contributed by atoms with Crippen LogP contribution in [-0.4, -0.2) is 48.3 Å². The Morgan fingerprint density at radius 2 is 1.95 bits per heavy atom. The number of amides is 2. The van der Waals surface area contributed by atoms with E-state index in [4.69, 9.17) is 4.42 Å². The molecule has 1 saturated heterocycles. The second kappa shape index (κ2) is 11.2.